The number of esters is 1. The van der Waals surface area contributed by atoms with Crippen LogP contribution >= 0.6 is 0 Å². The van der Waals surface area contributed by atoms with Crippen LogP contribution < -0.4 is 5.32 Å². The monoisotopic (exact) mass is 1030 g/mol. The van der Waals surface area contributed by atoms with Crippen LogP contribution in [0.5, 0.6) is 0 Å². The summed E-state index contributed by atoms with van der Waals surface area (Å²) in [5, 5.41) is 23.2. The van der Waals surface area contributed by atoms with Crippen molar-refractivity contribution in [1.82, 2.24) is 5.32 Å². The second-order valence-electron chi connectivity index (χ2n) is 22.8. The van der Waals surface area contributed by atoms with E-state index in [0.717, 1.165) is 51.4 Å². The normalized spacial score (nSPS) is 12.7. The van der Waals surface area contributed by atoms with E-state index in [1.54, 1.807) is 0 Å². The molecule has 0 heterocycles. The van der Waals surface area contributed by atoms with Gasteiger partial charge in [0.25, 0.3) is 0 Å². The maximum atomic E-state index is 12.5. The fourth-order valence-electron chi connectivity index (χ4n) is 10.4. The predicted octanol–water partition coefficient (Wildman–Crippen LogP) is 21.0. The van der Waals surface area contributed by atoms with E-state index in [0.29, 0.717) is 25.9 Å². The molecule has 6 nitrogen and oxygen atoms in total. The van der Waals surface area contributed by atoms with Crippen molar-refractivity contribution in [1.29, 1.82) is 0 Å². The van der Waals surface area contributed by atoms with Crippen LogP contribution in [0.1, 0.15) is 367 Å². The first-order valence-electron chi connectivity index (χ1n) is 33.1. The molecule has 0 saturated carbocycles. The SMILES string of the molecule is CCCCC/C=C\C/C=C\CCCCCCCCCCCC(=O)OCCCCCCCCCCCCCCCCCCCCCCCCCCCCC(=O)NC(CO)C(O)CCCCCCCCCCCCC. The van der Waals surface area contributed by atoms with Crippen LogP contribution in [0, 0.1) is 0 Å². The second-order valence-corrected chi connectivity index (χ2v) is 22.8. The lowest BCUT2D eigenvalue weighted by atomic mass is 10.0. The van der Waals surface area contributed by atoms with Crippen molar-refractivity contribution < 1.29 is 24.5 Å². The largest absolute Gasteiger partial charge is 0.466 e. The number of amides is 1. The summed E-state index contributed by atoms with van der Waals surface area (Å²) in [6.07, 6.45) is 77.8. The number of rotatable bonds is 62. The third kappa shape index (κ3) is 59.4. The lowest BCUT2D eigenvalue weighted by molar-refractivity contribution is -0.143. The van der Waals surface area contributed by atoms with Crippen molar-refractivity contribution in [2.24, 2.45) is 0 Å². The first-order valence-corrected chi connectivity index (χ1v) is 33.1. The molecule has 0 aromatic carbocycles. The molecule has 2 atom stereocenters. The van der Waals surface area contributed by atoms with E-state index in [4.69, 9.17) is 4.74 Å². The maximum absolute atomic E-state index is 12.5. The molecule has 0 fully saturated rings. The number of aliphatic hydroxyl groups is 2. The van der Waals surface area contributed by atoms with Crippen LogP contribution in [0.3, 0.4) is 0 Å². The van der Waals surface area contributed by atoms with Gasteiger partial charge in [0.05, 0.1) is 25.4 Å². The summed E-state index contributed by atoms with van der Waals surface area (Å²) < 4.78 is 5.50. The smallest absolute Gasteiger partial charge is 0.305 e. The summed E-state index contributed by atoms with van der Waals surface area (Å²) in [4.78, 5) is 24.6. The zero-order chi connectivity index (χ0) is 52.9. The molecule has 0 aliphatic rings. The first-order chi connectivity index (χ1) is 36.0. The van der Waals surface area contributed by atoms with Gasteiger partial charge in [0, 0.05) is 12.8 Å². The topological polar surface area (TPSA) is 95.9 Å². The molecular weight excluding hydrogens is 899 g/mol. The van der Waals surface area contributed by atoms with Gasteiger partial charge in [-0.15, -0.1) is 0 Å². The molecule has 0 saturated heterocycles. The van der Waals surface area contributed by atoms with Gasteiger partial charge in [-0.1, -0.05) is 321 Å². The molecule has 0 radical (unpaired) electrons. The lowest BCUT2D eigenvalue weighted by Crippen LogP contribution is -2.45. The number of ether oxygens (including phenoxy) is 1. The van der Waals surface area contributed by atoms with Crippen molar-refractivity contribution in [3.8, 4) is 0 Å². The molecule has 0 bridgehead atoms. The highest BCUT2D eigenvalue weighted by Crippen LogP contribution is 2.18. The molecule has 0 rings (SSSR count). The van der Waals surface area contributed by atoms with Crippen molar-refractivity contribution >= 4 is 11.9 Å². The van der Waals surface area contributed by atoms with E-state index >= 15 is 0 Å². The summed E-state index contributed by atoms with van der Waals surface area (Å²) in [6, 6.07) is -0.538. The van der Waals surface area contributed by atoms with Gasteiger partial charge in [-0.2, -0.15) is 0 Å². The average molecular weight is 1030 g/mol. The number of nitrogens with one attached hydrogen (secondary N) is 1. The van der Waals surface area contributed by atoms with Crippen molar-refractivity contribution in [3.05, 3.63) is 24.3 Å². The Morgan fingerprint density at radius 3 is 1.07 bits per heavy atom. The molecule has 0 spiro atoms. The third-order valence-corrected chi connectivity index (χ3v) is 15.5. The molecule has 73 heavy (non-hydrogen) atoms. The number of allylic oxidation sites excluding steroid dienone is 4. The van der Waals surface area contributed by atoms with Crippen molar-refractivity contribution in [2.45, 2.75) is 379 Å². The standard InChI is InChI=1S/C67H129NO5/c1-3-5-7-9-11-13-15-16-17-18-27-31-34-37-41-45-49-53-57-61-67(72)73-62-58-54-50-46-42-38-35-32-29-26-24-22-20-19-21-23-25-28-30-33-36-40-44-48-52-56-60-66(71)68-64(63-69)65(70)59-55-51-47-43-39-14-12-10-8-6-4-2/h11,13,16-17,64-65,69-70H,3-10,12,14-15,18-63H2,1-2H3,(H,68,71)/b13-11-,17-16-. The Morgan fingerprint density at radius 2 is 0.685 bits per heavy atom. The van der Waals surface area contributed by atoms with Gasteiger partial charge in [0.2, 0.25) is 5.91 Å². The number of unbranched alkanes of at least 4 members (excludes halogenated alkanes) is 47. The zero-order valence-corrected chi connectivity index (χ0v) is 49.4. The summed E-state index contributed by atoms with van der Waals surface area (Å²) in [6.45, 7) is 4.94. The Balaban J connectivity index is 3.32. The molecule has 0 aromatic rings. The van der Waals surface area contributed by atoms with Gasteiger partial charge in [-0.3, -0.25) is 9.59 Å². The highest BCUT2D eigenvalue weighted by atomic mass is 16.5. The van der Waals surface area contributed by atoms with E-state index in [1.165, 1.54) is 283 Å². The summed E-state index contributed by atoms with van der Waals surface area (Å²) in [5.74, 6) is -0.0183. The van der Waals surface area contributed by atoms with Crippen LogP contribution in [-0.4, -0.2) is 47.4 Å². The molecule has 1 amide bonds. The quantitative estimate of drug-likeness (QED) is 0.0320. The number of hydrogen-bond donors (Lipinski definition) is 3. The number of carbonyl (C=O) groups is 2. The predicted molar refractivity (Wildman–Crippen MR) is 320 cm³/mol. The fourth-order valence-corrected chi connectivity index (χ4v) is 10.4. The highest BCUT2D eigenvalue weighted by Gasteiger charge is 2.20. The third-order valence-electron chi connectivity index (χ3n) is 15.5. The molecule has 432 valence electrons. The van der Waals surface area contributed by atoms with Crippen molar-refractivity contribution in [2.75, 3.05) is 13.2 Å². The van der Waals surface area contributed by atoms with Crippen LogP contribution in [0.2, 0.25) is 0 Å². The Kier molecular flexibility index (Phi) is 61.4. The minimum Gasteiger partial charge on any atom is -0.466 e. The minimum absolute atomic E-state index is 0.0140. The summed E-state index contributed by atoms with van der Waals surface area (Å²) in [7, 11) is 0. The van der Waals surface area contributed by atoms with E-state index < -0.39 is 12.1 Å². The van der Waals surface area contributed by atoms with Gasteiger partial charge in [-0.05, 0) is 57.8 Å². The number of aliphatic hydroxyl groups excluding tert-OH is 2. The molecule has 2 unspecified atom stereocenters. The number of hydrogen-bond acceptors (Lipinski definition) is 5. The number of carbonyl (C=O) groups excluding carboxylic acids is 2. The van der Waals surface area contributed by atoms with E-state index in [9.17, 15) is 19.8 Å². The van der Waals surface area contributed by atoms with Crippen LogP contribution in [0.4, 0.5) is 0 Å². The summed E-state index contributed by atoms with van der Waals surface area (Å²) >= 11 is 0. The molecule has 0 aliphatic heterocycles. The lowest BCUT2D eigenvalue weighted by Gasteiger charge is -2.22. The van der Waals surface area contributed by atoms with Crippen LogP contribution in [0.25, 0.3) is 0 Å². The van der Waals surface area contributed by atoms with Gasteiger partial charge in [-0.25, -0.2) is 0 Å². The van der Waals surface area contributed by atoms with E-state index in [-0.39, 0.29) is 18.5 Å². The van der Waals surface area contributed by atoms with Gasteiger partial charge >= 0.3 is 5.97 Å². The van der Waals surface area contributed by atoms with E-state index in [2.05, 4.69) is 43.5 Å². The summed E-state index contributed by atoms with van der Waals surface area (Å²) in [5.41, 5.74) is 0. The first kappa shape index (κ1) is 71.3. The van der Waals surface area contributed by atoms with Gasteiger partial charge in [0.15, 0.2) is 0 Å². The Morgan fingerprint density at radius 1 is 0.384 bits per heavy atom. The highest BCUT2D eigenvalue weighted by molar-refractivity contribution is 5.76. The molecule has 3 N–H and O–H groups in total. The zero-order valence-electron chi connectivity index (χ0n) is 49.4. The average Bonchev–Trinajstić information content (AvgIpc) is 3.39. The Labute approximate surface area is 456 Å². The minimum atomic E-state index is -0.661. The molecular formula is C67H129NO5. The Hall–Kier alpha value is -1.66. The van der Waals surface area contributed by atoms with Gasteiger partial charge < -0.3 is 20.3 Å². The van der Waals surface area contributed by atoms with Crippen molar-refractivity contribution in [3.63, 3.8) is 0 Å². The molecule has 0 aromatic heterocycles. The molecule has 6 heteroatoms. The van der Waals surface area contributed by atoms with Gasteiger partial charge in [0.1, 0.15) is 0 Å². The van der Waals surface area contributed by atoms with Crippen LogP contribution in [0.15, 0.2) is 24.3 Å². The maximum Gasteiger partial charge on any atom is 0.305 e. The Bertz CT molecular complexity index is 1140. The molecule has 0 aliphatic carbocycles. The van der Waals surface area contributed by atoms with E-state index in [1.807, 2.05) is 0 Å². The van der Waals surface area contributed by atoms with Crippen LogP contribution in [-0.2, 0) is 14.3 Å². The fraction of sp³-hybridized carbons (Fsp3) is 0.910. The second kappa shape index (κ2) is 62.9.